The first-order valence-corrected chi connectivity index (χ1v) is 3.94. The molecule has 0 aromatic carbocycles. The van der Waals surface area contributed by atoms with E-state index in [0.29, 0.717) is 6.54 Å². The van der Waals surface area contributed by atoms with Crippen molar-refractivity contribution in [2.75, 3.05) is 6.54 Å². The van der Waals surface area contributed by atoms with Crippen molar-refractivity contribution in [3.63, 3.8) is 0 Å². The van der Waals surface area contributed by atoms with E-state index in [1.807, 2.05) is 18.2 Å². The van der Waals surface area contributed by atoms with Gasteiger partial charge in [0, 0.05) is 17.8 Å². The second-order valence-corrected chi connectivity index (χ2v) is 3.00. The third-order valence-electron chi connectivity index (χ3n) is 1.59. The molecule has 0 atom stereocenters. The highest BCUT2D eigenvalue weighted by atomic mass is 32.1. The Morgan fingerprint density at radius 3 is 3.00 bits per heavy atom. The summed E-state index contributed by atoms with van der Waals surface area (Å²) in [6, 6.07) is 0. The van der Waals surface area contributed by atoms with Crippen molar-refractivity contribution in [2.24, 2.45) is 5.73 Å². The Morgan fingerprint density at radius 2 is 2.45 bits per heavy atom. The summed E-state index contributed by atoms with van der Waals surface area (Å²) < 4.78 is 0. The highest BCUT2D eigenvalue weighted by Gasteiger charge is 2.02. The summed E-state index contributed by atoms with van der Waals surface area (Å²) in [5.74, 6) is 0. The van der Waals surface area contributed by atoms with Gasteiger partial charge in [0.1, 0.15) is 0 Å². The lowest BCUT2D eigenvalue weighted by Gasteiger charge is -2.07. The molecule has 0 bridgehead atoms. The van der Waals surface area contributed by atoms with Crippen LogP contribution in [-0.2, 0) is 0 Å². The molecule has 1 aliphatic rings. The SMILES string of the molecule is C=C(CN)C1=CC(=S)CC=C1. The zero-order chi connectivity index (χ0) is 8.27. The fourth-order valence-electron chi connectivity index (χ4n) is 0.920. The minimum Gasteiger partial charge on any atom is -0.326 e. The first-order valence-electron chi connectivity index (χ1n) is 3.53. The summed E-state index contributed by atoms with van der Waals surface area (Å²) >= 11 is 5.04. The van der Waals surface area contributed by atoms with E-state index in [1.165, 1.54) is 0 Å². The lowest BCUT2D eigenvalue weighted by molar-refractivity contribution is 1.17. The molecule has 0 radical (unpaired) electrons. The predicted octanol–water partition coefficient (Wildman–Crippen LogP) is 1.76. The Labute approximate surface area is 72.3 Å². The van der Waals surface area contributed by atoms with Gasteiger partial charge in [-0.25, -0.2) is 0 Å². The van der Waals surface area contributed by atoms with E-state index in [0.717, 1.165) is 22.4 Å². The van der Waals surface area contributed by atoms with Gasteiger partial charge in [0.25, 0.3) is 0 Å². The second-order valence-electron chi connectivity index (χ2n) is 2.48. The van der Waals surface area contributed by atoms with E-state index >= 15 is 0 Å². The number of rotatable bonds is 2. The Morgan fingerprint density at radius 1 is 1.73 bits per heavy atom. The summed E-state index contributed by atoms with van der Waals surface area (Å²) in [4.78, 5) is 0.956. The highest BCUT2D eigenvalue weighted by molar-refractivity contribution is 7.80. The van der Waals surface area contributed by atoms with Crippen molar-refractivity contribution in [1.82, 2.24) is 0 Å². The van der Waals surface area contributed by atoms with Gasteiger partial charge in [-0.3, -0.25) is 0 Å². The standard InChI is InChI=1S/C9H11NS/c1-7(6-10)8-3-2-4-9(11)5-8/h2-3,5H,1,4,6,10H2. The molecule has 1 aliphatic carbocycles. The van der Waals surface area contributed by atoms with Crippen LogP contribution in [0.2, 0.25) is 0 Å². The summed E-state index contributed by atoms with van der Waals surface area (Å²) in [7, 11) is 0. The van der Waals surface area contributed by atoms with E-state index in [9.17, 15) is 0 Å². The van der Waals surface area contributed by atoms with E-state index < -0.39 is 0 Å². The predicted molar refractivity (Wildman–Crippen MR) is 52.6 cm³/mol. The number of hydrogen-bond acceptors (Lipinski definition) is 2. The van der Waals surface area contributed by atoms with Crippen LogP contribution < -0.4 is 5.73 Å². The van der Waals surface area contributed by atoms with Crippen molar-refractivity contribution in [2.45, 2.75) is 6.42 Å². The number of nitrogens with two attached hydrogens (primary N) is 1. The van der Waals surface area contributed by atoms with Gasteiger partial charge in [-0.05, 0) is 17.2 Å². The molecule has 0 aromatic heterocycles. The molecule has 0 heterocycles. The van der Waals surface area contributed by atoms with Crippen molar-refractivity contribution < 1.29 is 0 Å². The molecular weight excluding hydrogens is 154 g/mol. The van der Waals surface area contributed by atoms with Gasteiger partial charge in [-0.2, -0.15) is 0 Å². The molecule has 0 unspecified atom stereocenters. The fourth-order valence-corrected chi connectivity index (χ4v) is 1.14. The molecule has 0 aromatic rings. The van der Waals surface area contributed by atoms with Crippen LogP contribution >= 0.6 is 12.2 Å². The first-order chi connectivity index (χ1) is 5.24. The molecule has 2 heteroatoms. The Kier molecular flexibility index (Phi) is 2.74. The molecule has 11 heavy (non-hydrogen) atoms. The highest BCUT2D eigenvalue weighted by Crippen LogP contribution is 2.14. The Balaban J connectivity index is 2.79. The van der Waals surface area contributed by atoms with Gasteiger partial charge in [0.15, 0.2) is 0 Å². The molecular formula is C9H11NS. The summed E-state index contributed by atoms with van der Waals surface area (Å²) in [5.41, 5.74) is 7.45. The van der Waals surface area contributed by atoms with Crippen LogP contribution in [0.3, 0.4) is 0 Å². The maximum atomic E-state index is 5.43. The zero-order valence-electron chi connectivity index (χ0n) is 6.34. The maximum Gasteiger partial charge on any atom is 0.0196 e. The molecule has 1 rings (SSSR count). The molecule has 0 saturated heterocycles. The van der Waals surface area contributed by atoms with Crippen molar-refractivity contribution in [1.29, 1.82) is 0 Å². The van der Waals surface area contributed by atoms with Crippen LogP contribution in [0, 0.1) is 0 Å². The lowest BCUT2D eigenvalue weighted by atomic mass is 10.0. The van der Waals surface area contributed by atoms with Gasteiger partial charge in [-0.15, -0.1) is 0 Å². The van der Waals surface area contributed by atoms with Crippen molar-refractivity contribution in [3.05, 3.63) is 36.0 Å². The maximum absolute atomic E-state index is 5.43. The molecule has 0 fully saturated rings. The summed E-state index contributed by atoms with van der Waals surface area (Å²) in [6.45, 7) is 4.33. The van der Waals surface area contributed by atoms with Gasteiger partial charge in [0.05, 0.1) is 0 Å². The van der Waals surface area contributed by atoms with Crippen LogP contribution in [-0.4, -0.2) is 11.4 Å². The fraction of sp³-hybridized carbons (Fsp3) is 0.222. The van der Waals surface area contributed by atoms with Gasteiger partial charge in [0.2, 0.25) is 0 Å². The minimum atomic E-state index is 0.499. The molecule has 2 N–H and O–H groups in total. The van der Waals surface area contributed by atoms with E-state index in [1.54, 1.807) is 0 Å². The molecule has 58 valence electrons. The quantitative estimate of drug-likeness (QED) is 0.631. The third-order valence-corrected chi connectivity index (χ3v) is 1.87. The van der Waals surface area contributed by atoms with Crippen LogP contribution in [0.25, 0.3) is 0 Å². The minimum absolute atomic E-state index is 0.499. The van der Waals surface area contributed by atoms with E-state index in [2.05, 4.69) is 6.58 Å². The largest absolute Gasteiger partial charge is 0.326 e. The van der Waals surface area contributed by atoms with Crippen LogP contribution in [0.1, 0.15) is 6.42 Å². The normalized spacial score (nSPS) is 16.5. The molecule has 0 spiro atoms. The number of thiocarbonyl (C=S) groups is 1. The zero-order valence-corrected chi connectivity index (χ0v) is 7.16. The summed E-state index contributed by atoms with van der Waals surface area (Å²) in [6.07, 6.45) is 6.89. The van der Waals surface area contributed by atoms with Gasteiger partial charge in [-0.1, -0.05) is 30.9 Å². The molecule has 0 saturated carbocycles. The first kappa shape index (κ1) is 8.37. The topological polar surface area (TPSA) is 26.0 Å². The van der Waals surface area contributed by atoms with Gasteiger partial charge >= 0.3 is 0 Å². The van der Waals surface area contributed by atoms with Crippen LogP contribution in [0.15, 0.2) is 36.0 Å². The van der Waals surface area contributed by atoms with E-state index in [-0.39, 0.29) is 0 Å². The Hall–Kier alpha value is -0.730. The molecule has 0 aliphatic heterocycles. The number of hydrogen-bond donors (Lipinski definition) is 1. The van der Waals surface area contributed by atoms with Crippen LogP contribution in [0.5, 0.6) is 0 Å². The van der Waals surface area contributed by atoms with Crippen molar-refractivity contribution >= 4 is 17.1 Å². The smallest absolute Gasteiger partial charge is 0.0196 e. The summed E-state index contributed by atoms with van der Waals surface area (Å²) in [5, 5.41) is 0. The van der Waals surface area contributed by atoms with Crippen molar-refractivity contribution in [3.8, 4) is 0 Å². The average Bonchev–Trinajstić information content (AvgIpc) is 2.03. The third kappa shape index (κ3) is 2.10. The van der Waals surface area contributed by atoms with Gasteiger partial charge < -0.3 is 5.73 Å². The molecule has 0 amide bonds. The number of allylic oxidation sites excluding steroid dienone is 3. The monoisotopic (exact) mass is 165 g/mol. The Bertz CT molecular complexity index is 248. The second kappa shape index (κ2) is 3.60. The lowest BCUT2D eigenvalue weighted by Crippen LogP contribution is -2.06. The van der Waals surface area contributed by atoms with Crippen LogP contribution in [0.4, 0.5) is 0 Å². The molecule has 1 nitrogen and oxygen atoms in total. The average molecular weight is 165 g/mol. The van der Waals surface area contributed by atoms with E-state index in [4.69, 9.17) is 18.0 Å².